The number of alkyl halides is 3. The third-order valence-corrected chi connectivity index (χ3v) is 5.03. The van der Waals surface area contributed by atoms with Gasteiger partial charge in [-0.3, -0.25) is 4.18 Å². The minimum absolute atomic E-state index is 0.0539. The zero-order chi connectivity index (χ0) is 18.1. The summed E-state index contributed by atoms with van der Waals surface area (Å²) in [5, 5.41) is 0. The molecule has 138 valence electrons. The Labute approximate surface area is 142 Å². The summed E-state index contributed by atoms with van der Waals surface area (Å²) in [5.74, 6) is 0. The zero-order valence-electron chi connectivity index (χ0n) is 13.9. The normalized spacial score (nSPS) is 12.5. The van der Waals surface area contributed by atoms with Gasteiger partial charge in [0.25, 0.3) is 10.1 Å². The van der Waals surface area contributed by atoms with Crippen molar-refractivity contribution in [3.63, 3.8) is 0 Å². The third kappa shape index (κ3) is 7.66. The van der Waals surface area contributed by atoms with E-state index in [1.165, 1.54) is 25.7 Å². The van der Waals surface area contributed by atoms with Gasteiger partial charge in [-0.1, -0.05) is 51.9 Å². The monoisotopic (exact) mass is 366 g/mol. The lowest BCUT2D eigenvalue weighted by Crippen LogP contribution is -2.09. The molecule has 0 spiro atoms. The van der Waals surface area contributed by atoms with Crippen LogP contribution in [0.2, 0.25) is 0 Å². The number of benzene rings is 1. The molecule has 0 aliphatic heterocycles. The minimum atomic E-state index is -4.49. The molecule has 0 N–H and O–H groups in total. The first-order valence-corrected chi connectivity index (χ1v) is 9.75. The second-order valence-electron chi connectivity index (χ2n) is 5.77. The van der Waals surface area contributed by atoms with Gasteiger partial charge in [-0.2, -0.15) is 21.6 Å². The molecule has 0 aliphatic rings. The highest BCUT2D eigenvalue weighted by Crippen LogP contribution is 2.29. The average molecular weight is 366 g/mol. The summed E-state index contributed by atoms with van der Waals surface area (Å²) in [6.45, 7) is 2.22. The summed E-state index contributed by atoms with van der Waals surface area (Å²) in [5.41, 5.74) is -0.885. The number of hydrogen-bond donors (Lipinski definition) is 0. The summed E-state index contributed by atoms with van der Waals surface area (Å²) in [7, 11) is -3.99. The lowest BCUT2D eigenvalue weighted by molar-refractivity contribution is -0.137. The van der Waals surface area contributed by atoms with Crippen LogP contribution in [0.5, 0.6) is 0 Å². The van der Waals surface area contributed by atoms with Crippen molar-refractivity contribution in [3.8, 4) is 0 Å². The van der Waals surface area contributed by atoms with Crippen LogP contribution in [-0.2, 0) is 20.5 Å². The summed E-state index contributed by atoms with van der Waals surface area (Å²) in [6.07, 6.45) is 4.06. The fourth-order valence-electron chi connectivity index (χ4n) is 2.28. The Morgan fingerprint density at radius 1 is 0.875 bits per heavy atom. The van der Waals surface area contributed by atoms with Crippen molar-refractivity contribution < 1.29 is 25.8 Å². The maximum absolute atomic E-state index is 12.5. The van der Waals surface area contributed by atoms with E-state index in [9.17, 15) is 21.6 Å². The Morgan fingerprint density at radius 2 is 1.38 bits per heavy atom. The van der Waals surface area contributed by atoms with Crippen LogP contribution in [0, 0.1) is 0 Å². The van der Waals surface area contributed by atoms with Gasteiger partial charge in [0, 0.05) is 0 Å². The zero-order valence-corrected chi connectivity index (χ0v) is 14.8. The fourth-order valence-corrected chi connectivity index (χ4v) is 3.23. The van der Waals surface area contributed by atoms with Crippen LogP contribution in [0.1, 0.15) is 63.9 Å². The first-order chi connectivity index (χ1) is 11.3. The fraction of sp³-hybridized carbons (Fsp3) is 0.647. The highest BCUT2D eigenvalue weighted by molar-refractivity contribution is 7.86. The van der Waals surface area contributed by atoms with Crippen molar-refractivity contribution in [2.75, 3.05) is 6.61 Å². The Bertz CT molecular complexity index is 566. The van der Waals surface area contributed by atoms with E-state index >= 15 is 0 Å². The molecule has 24 heavy (non-hydrogen) atoms. The van der Waals surface area contributed by atoms with Gasteiger partial charge in [0.05, 0.1) is 17.1 Å². The van der Waals surface area contributed by atoms with Gasteiger partial charge in [-0.05, 0) is 30.7 Å². The molecule has 0 atom stereocenters. The third-order valence-electron chi connectivity index (χ3n) is 3.71. The number of rotatable bonds is 11. The van der Waals surface area contributed by atoms with Crippen LogP contribution in [0.3, 0.4) is 0 Å². The molecule has 1 aromatic carbocycles. The van der Waals surface area contributed by atoms with Crippen LogP contribution >= 0.6 is 0 Å². The Morgan fingerprint density at radius 3 is 1.88 bits per heavy atom. The molecule has 0 heterocycles. The molecule has 0 fully saturated rings. The molecule has 1 aromatic rings. The van der Waals surface area contributed by atoms with E-state index in [0.717, 1.165) is 43.5 Å². The molecule has 0 saturated carbocycles. The number of hydrogen-bond acceptors (Lipinski definition) is 3. The van der Waals surface area contributed by atoms with Crippen LogP contribution < -0.4 is 0 Å². The largest absolute Gasteiger partial charge is 0.416 e. The van der Waals surface area contributed by atoms with E-state index in [4.69, 9.17) is 4.18 Å². The van der Waals surface area contributed by atoms with Crippen molar-refractivity contribution in [2.24, 2.45) is 0 Å². The van der Waals surface area contributed by atoms with E-state index in [1.807, 2.05) is 0 Å². The van der Waals surface area contributed by atoms with Gasteiger partial charge in [-0.15, -0.1) is 0 Å². The van der Waals surface area contributed by atoms with E-state index in [0.29, 0.717) is 6.42 Å². The lowest BCUT2D eigenvalue weighted by atomic mass is 10.1. The quantitative estimate of drug-likeness (QED) is 0.381. The average Bonchev–Trinajstić information content (AvgIpc) is 2.52. The van der Waals surface area contributed by atoms with Crippen molar-refractivity contribution in [3.05, 3.63) is 29.8 Å². The van der Waals surface area contributed by atoms with Crippen LogP contribution in [-0.4, -0.2) is 15.0 Å². The molecule has 7 heteroatoms. The molecular weight excluding hydrogens is 341 g/mol. The molecular formula is C17H25F3O3S. The summed E-state index contributed by atoms with van der Waals surface area (Å²) in [4.78, 5) is -0.255. The first kappa shape index (κ1) is 21.0. The summed E-state index contributed by atoms with van der Waals surface area (Å²) < 4.78 is 66.0. The molecule has 3 nitrogen and oxygen atoms in total. The van der Waals surface area contributed by atoms with Gasteiger partial charge < -0.3 is 0 Å². The molecule has 0 bridgehead atoms. The first-order valence-electron chi connectivity index (χ1n) is 8.34. The predicted octanol–water partition coefficient (Wildman–Crippen LogP) is 5.55. The molecule has 0 radical (unpaired) electrons. The lowest BCUT2D eigenvalue weighted by Gasteiger charge is -2.08. The van der Waals surface area contributed by atoms with Crippen molar-refractivity contribution in [2.45, 2.75) is 69.4 Å². The Hall–Kier alpha value is -1.08. The van der Waals surface area contributed by atoms with E-state index in [-0.39, 0.29) is 11.5 Å². The highest BCUT2D eigenvalue weighted by atomic mass is 32.2. The Balaban J connectivity index is 2.31. The highest BCUT2D eigenvalue weighted by Gasteiger charge is 2.30. The number of halogens is 3. The van der Waals surface area contributed by atoms with E-state index in [1.54, 1.807) is 0 Å². The smallest absolute Gasteiger partial charge is 0.266 e. The van der Waals surface area contributed by atoms with Gasteiger partial charge in [0.1, 0.15) is 0 Å². The maximum Gasteiger partial charge on any atom is 0.416 e. The van der Waals surface area contributed by atoms with Crippen LogP contribution in [0.25, 0.3) is 0 Å². The Kier molecular flexibility index (Phi) is 8.76. The SMILES string of the molecule is CCCCCCCCCCOS(=O)(=O)c1ccc(C(F)(F)F)cc1. The molecule has 0 amide bonds. The van der Waals surface area contributed by atoms with E-state index < -0.39 is 21.9 Å². The molecule has 0 unspecified atom stereocenters. The molecule has 0 aromatic heterocycles. The maximum atomic E-state index is 12.5. The molecule has 0 aliphatic carbocycles. The van der Waals surface area contributed by atoms with Crippen molar-refractivity contribution in [1.82, 2.24) is 0 Å². The van der Waals surface area contributed by atoms with Gasteiger partial charge >= 0.3 is 6.18 Å². The number of unbranched alkanes of at least 4 members (excludes halogenated alkanes) is 7. The standard InChI is InChI=1S/C17H25F3O3S/c1-2-3-4-5-6-7-8-9-14-23-24(21,22)16-12-10-15(11-13-16)17(18,19)20/h10-13H,2-9,14H2,1H3. The van der Waals surface area contributed by atoms with Gasteiger partial charge in [0.2, 0.25) is 0 Å². The topological polar surface area (TPSA) is 43.4 Å². The van der Waals surface area contributed by atoms with Gasteiger partial charge in [0.15, 0.2) is 0 Å². The molecule has 1 rings (SSSR count). The summed E-state index contributed by atoms with van der Waals surface area (Å²) >= 11 is 0. The predicted molar refractivity (Wildman–Crippen MR) is 87.2 cm³/mol. The van der Waals surface area contributed by atoms with Crippen molar-refractivity contribution in [1.29, 1.82) is 0 Å². The second-order valence-corrected chi connectivity index (χ2v) is 7.39. The minimum Gasteiger partial charge on any atom is -0.266 e. The van der Waals surface area contributed by atoms with Crippen molar-refractivity contribution >= 4 is 10.1 Å². The van der Waals surface area contributed by atoms with Crippen LogP contribution in [0.15, 0.2) is 29.2 Å². The van der Waals surface area contributed by atoms with Gasteiger partial charge in [-0.25, -0.2) is 0 Å². The summed E-state index contributed by atoms with van der Waals surface area (Å²) in [6, 6.07) is 3.33. The van der Waals surface area contributed by atoms with E-state index in [2.05, 4.69) is 6.92 Å². The molecule has 0 saturated heterocycles. The van der Waals surface area contributed by atoms with Crippen LogP contribution in [0.4, 0.5) is 13.2 Å². The second kappa shape index (κ2) is 10.0.